The summed E-state index contributed by atoms with van der Waals surface area (Å²) in [5.74, 6) is 0.634. The molecule has 0 amide bonds. The van der Waals surface area contributed by atoms with Crippen molar-refractivity contribution in [3.8, 4) is 0 Å². The van der Waals surface area contributed by atoms with Crippen LogP contribution in [0.2, 0.25) is 0 Å². The van der Waals surface area contributed by atoms with Crippen LogP contribution in [0.1, 0.15) is 19.0 Å². The average Bonchev–Trinajstić information content (AvgIpc) is 2.73. The lowest BCUT2D eigenvalue weighted by Gasteiger charge is -2.34. The van der Waals surface area contributed by atoms with Crippen molar-refractivity contribution in [3.63, 3.8) is 0 Å². The molecule has 2 atom stereocenters. The standard InChI is InChI=1S/C11H19N3S/c1-9-6-14(5-3-11(9)12)4-2-10-7-15-8-13-10/h7-9,11H,2-6,12H2,1H3. The maximum absolute atomic E-state index is 5.99. The number of hydrogen-bond donors (Lipinski definition) is 1. The van der Waals surface area contributed by atoms with E-state index in [1.807, 2.05) is 5.51 Å². The van der Waals surface area contributed by atoms with E-state index in [0.717, 1.165) is 32.5 Å². The van der Waals surface area contributed by atoms with Crippen molar-refractivity contribution < 1.29 is 0 Å². The van der Waals surface area contributed by atoms with Gasteiger partial charge in [0.15, 0.2) is 0 Å². The first-order valence-electron chi connectivity index (χ1n) is 5.60. The van der Waals surface area contributed by atoms with Crippen LogP contribution in [-0.2, 0) is 6.42 Å². The number of likely N-dealkylation sites (tertiary alicyclic amines) is 1. The normalized spacial score (nSPS) is 28.1. The highest BCUT2D eigenvalue weighted by molar-refractivity contribution is 7.07. The Kier molecular flexibility index (Phi) is 3.72. The number of nitrogens with two attached hydrogens (primary N) is 1. The van der Waals surface area contributed by atoms with Crippen molar-refractivity contribution in [2.24, 2.45) is 11.7 Å². The molecule has 0 saturated carbocycles. The monoisotopic (exact) mass is 225 g/mol. The predicted octanol–water partition coefficient (Wildman–Crippen LogP) is 1.35. The Morgan fingerprint density at radius 1 is 1.67 bits per heavy atom. The van der Waals surface area contributed by atoms with Gasteiger partial charge in [-0.15, -0.1) is 11.3 Å². The lowest BCUT2D eigenvalue weighted by molar-refractivity contribution is 0.166. The van der Waals surface area contributed by atoms with Crippen LogP contribution in [0, 0.1) is 5.92 Å². The molecule has 0 bridgehead atoms. The zero-order chi connectivity index (χ0) is 10.7. The maximum atomic E-state index is 5.99. The van der Waals surface area contributed by atoms with Crippen LogP contribution in [0.25, 0.3) is 0 Å². The summed E-state index contributed by atoms with van der Waals surface area (Å²) in [6.07, 6.45) is 2.21. The fourth-order valence-corrected chi connectivity index (χ4v) is 2.68. The van der Waals surface area contributed by atoms with Gasteiger partial charge in [-0.2, -0.15) is 0 Å². The summed E-state index contributed by atoms with van der Waals surface area (Å²) in [5.41, 5.74) is 9.13. The molecule has 0 aliphatic carbocycles. The van der Waals surface area contributed by atoms with Crippen molar-refractivity contribution in [1.29, 1.82) is 0 Å². The Hall–Kier alpha value is -0.450. The van der Waals surface area contributed by atoms with E-state index in [0.29, 0.717) is 12.0 Å². The topological polar surface area (TPSA) is 42.2 Å². The van der Waals surface area contributed by atoms with Crippen LogP contribution in [0.4, 0.5) is 0 Å². The van der Waals surface area contributed by atoms with Gasteiger partial charge in [0.05, 0.1) is 11.2 Å². The Morgan fingerprint density at radius 3 is 3.20 bits per heavy atom. The van der Waals surface area contributed by atoms with Gasteiger partial charge < -0.3 is 10.6 Å². The minimum absolute atomic E-state index is 0.403. The summed E-state index contributed by atoms with van der Waals surface area (Å²) in [6.45, 7) is 5.67. The molecule has 1 aromatic rings. The molecule has 3 nitrogen and oxygen atoms in total. The first-order valence-corrected chi connectivity index (χ1v) is 6.55. The highest BCUT2D eigenvalue weighted by atomic mass is 32.1. The number of rotatable bonds is 3. The first-order chi connectivity index (χ1) is 7.25. The lowest BCUT2D eigenvalue weighted by atomic mass is 9.95. The highest BCUT2D eigenvalue weighted by Gasteiger charge is 2.22. The van der Waals surface area contributed by atoms with Crippen LogP contribution >= 0.6 is 11.3 Å². The van der Waals surface area contributed by atoms with Gasteiger partial charge in [0.25, 0.3) is 0 Å². The second kappa shape index (κ2) is 5.05. The summed E-state index contributed by atoms with van der Waals surface area (Å²) < 4.78 is 0. The van der Waals surface area contributed by atoms with E-state index >= 15 is 0 Å². The molecule has 15 heavy (non-hydrogen) atoms. The summed E-state index contributed by atoms with van der Waals surface area (Å²) in [4.78, 5) is 6.81. The van der Waals surface area contributed by atoms with E-state index in [9.17, 15) is 0 Å². The predicted molar refractivity (Wildman–Crippen MR) is 64.0 cm³/mol. The van der Waals surface area contributed by atoms with Gasteiger partial charge in [-0.05, 0) is 18.9 Å². The zero-order valence-corrected chi connectivity index (χ0v) is 10.0. The largest absolute Gasteiger partial charge is 0.327 e. The van der Waals surface area contributed by atoms with Crippen molar-refractivity contribution in [3.05, 3.63) is 16.6 Å². The molecule has 2 N–H and O–H groups in total. The molecule has 84 valence electrons. The number of nitrogens with zero attached hydrogens (tertiary/aromatic N) is 2. The summed E-state index contributed by atoms with van der Waals surface area (Å²) in [6, 6.07) is 0.403. The van der Waals surface area contributed by atoms with Gasteiger partial charge in [-0.25, -0.2) is 4.98 Å². The van der Waals surface area contributed by atoms with Gasteiger partial charge in [0.2, 0.25) is 0 Å². The first kappa shape index (κ1) is 11.0. The molecule has 1 aliphatic heterocycles. The fourth-order valence-electron chi connectivity index (χ4n) is 2.09. The molecule has 1 aliphatic rings. The Morgan fingerprint density at radius 2 is 2.53 bits per heavy atom. The average molecular weight is 225 g/mol. The van der Waals surface area contributed by atoms with Gasteiger partial charge in [0.1, 0.15) is 0 Å². The third-order valence-corrected chi connectivity index (χ3v) is 3.86. The van der Waals surface area contributed by atoms with Gasteiger partial charge in [0, 0.05) is 30.9 Å². The molecular formula is C11H19N3S. The van der Waals surface area contributed by atoms with Crippen LogP contribution in [0.15, 0.2) is 10.9 Å². The van der Waals surface area contributed by atoms with E-state index in [1.165, 1.54) is 5.69 Å². The fraction of sp³-hybridized carbons (Fsp3) is 0.727. The Balaban J connectivity index is 1.76. The second-order valence-corrected chi connectivity index (χ2v) is 5.18. The van der Waals surface area contributed by atoms with Crippen molar-refractivity contribution in [2.45, 2.75) is 25.8 Å². The molecule has 4 heteroatoms. The summed E-state index contributed by atoms with van der Waals surface area (Å²) >= 11 is 1.68. The molecule has 0 spiro atoms. The molecule has 1 saturated heterocycles. The lowest BCUT2D eigenvalue weighted by Crippen LogP contribution is -2.46. The molecule has 1 aromatic heterocycles. The number of aromatic nitrogens is 1. The smallest absolute Gasteiger partial charge is 0.0794 e. The second-order valence-electron chi connectivity index (χ2n) is 4.46. The van der Waals surface area contributed by atoms with Crippen LogP contribution < -0.4 is 5.73 Å². The van der Waals surface area contributed by atoms with Gasteiger partial charge >= 0.3 is 0 Å². The zero-order valence-electron chi connectivity index (χ0n) is 9.22. The third kappa shape index (κ3) is 3.00. The van der Waals surface area contributed by atoms with Gasteiger partial charge in [-0.3, -0.25) is 0 Å². The minimum Gasteiger partial charge on any atom is -0.327 e. The van der Waals surface area contributed by atoms with Crippen LogP contribution in [0.3, 0.4) is 0 Å². The van der Waals surface area contributed by atoms with Crippen LogP contribution in [-0.4, -0.2) is 35.6 Å². The Labute approximate surface area is 95.3 Å². The molecule has 1 fully saturated rings. The summed E-state index contributed by atoms with van der Waals surface area (Å²) in [5, 5.41) is 2.14. The van der Waals surface area contributed by atoms with E-state index in [2.05, 4.69) is 22.2 Å². The number of hydrogen-bond acceptors (Lipinski definition) is 4. The molecule has 2 rings (SSSR count). The molecule has 2 unspecified atom stereocenters. The highest BCUT2D eigenvalue weighted by Crippen LogP contribution is 2.15. The van der Waals surface area contributed by atoms with Crippen molar-refractivity contribution in [2.75, 3.05) is 19.6 Å². The summed E-state index contributed by atoms with van der Waals surface area (Å²) in [7, 11) is 0. The van der Waals surface area contributed by atoms with Gasteiger partial charge in [-0.1, -0.05) is 6.92 Å². The van der Waals surface area contributed by atoms with Crippen molar-refractivity contribution >= 4 is 11.3 Å². The maximum Gasteiger partial charge on any atom is 0.0794 e. The SMILES string of the molecule is CC1CN(CCc2cscn2)CCC1N. The molecule has 0 radical (unpaired) electrons. The van der Waals surface area contributed by atoms with E-state index in [1.54, 1.807) is 11.3 Å². The van der Waals surface area contributed by atoms with Crippen molar-refractivity contribution in [1.82, 2.24) is 9.88 Å². The number of piperidine rings is 1. The quantitative estimate of drug-likeness (QED) is 0.844. The third-order valence-electron chi connectivity index (χ3n) is 3.22. The molecular weight excluding hydrogens is 206 g/mol. The van der Waals surface area contributed by atoms with E-state index < -0.39 is 0 Å². The van der Waals surface area contributed by atoms with E-state index in [4.69, 9.17) is 5.73 Å². The van der Waals surface area contributed by atoms with E-state index in [-0.39, 0.29) is 0 Å². The minimum atomic E-state index is 0.403. The van der Waals surface area contributed by atoms with Crippen LogP contribution in [0.5, 0.6) is 0 Å². The molecule has 0 aromatic carbocycles. The molecule has 2 heterocycles. The number of thiazole rings is 1. The Bertz CT molecular complexity index is 286.